The number of rotatable bonds is 8. The van der Waals surface area contributed by atoms with Crippen LogP contribution >= 0.6 is 0 Å². The van der Waals surface area contributed by atoms with Crippen molar-refractivity contribution in [2.45, 2.75) is 53.7 Å². The van der Waals surface area contributed by atoms with Crippen LogP contribution in [0.3, 0.4) is 0 Å². The number of aryl methyl sites for hydroxylation is 2. The number of carbonyl (C=O) groups is 1. The highest BCUT2D eigenvalue weighted by Gasteiger charge is 2.18. The molecular weight excluding hydrogens is 426 g/mol. The average Bonchev–Trinajstić information content (AvgIpc) is 3.39. The maximum atomic E-state index is 12.9. The number of furan rings is 1. The normalized spacial score (nSPS) is 11.1. The molecule has 0 fully saturated rings. The first-order valence-electron chi connectivity index (χ1n) is 11.5. The summed E-state index contributed by atoms with van der Waals surface area (Å²) in [4.78, 5) is 12.9. The highest BCUT2D eigenvalue weighted by Crippen LogP contribution is 2.28. The van der Waals surface area contributed by atoms with Gasteiger partial charge in [-0.3, -0.25) is 9.48 Å². The van der Waals surface area contributed by atoms with E-state index >= 15 is 0 Å². The molecule has 34 heavy (non-hydrogen) atoms. The number of nitrogens with one attached hydrogen (secondary N) is 1. The molecule has 0 aliphatic rings. The number of aromatic nitrogens is 2. The molecule has 0 aliphatic carbocycles. The number of benzene rings is 2. The zero-order valence-electron chi connectivity index (χ0n) is 20.4. The highest BCUT2D eigenvalue weighted by atomic mass is 16.5. The van der Waals surface area contributed by atoms with E-state index in [-0.39, 0.29) is 18.3 Å². The van der Waals surface area contributed by atoms with Crippen molar-refractivity contribution in [2.75, 3.05) is 5.32 Å². The quantitative estimate of drug-likeness (QED) is 0.332. The molecule has 0 saturated carbocycles. The SMILES string of the molecule is Cc1ccc(C(C)C)c(OCc2ccc(C(=O)Nc3c(C)nn(Cc4ccccc4)c3C)o2)c1. The van der Waals surface area contributed by atoms with E-state index in [0.29, 0.717) is 23.9 Å². The van der Waals surface area contributed by atoms with Crippen molar-refractivity contribution in [1.29, 1.82) is 0 Å². The Hall–Kier alpha value is -3.80. The van der Waals surface area contributed by atoms with E-state index in [1.54, 1.807) is 12.1 Å². The zero-order chi connectivity index (χ0) is 24.2. The highest BCUT2D eigenvalue weighted by molar-refractivity contribution is 6.02. The number of nitrogens with zero attached hydrogens (tertiary/aromatic N) is 2. The smallest absolute Gasteiger partial charge is 0.291 e. The summed E-state index contributed by atoms with van der Waals surface area (Å²) in [5.74, 6) is 1.71. The molecule has 0 atom stereocenters. The summed E-state index contributed by atoms with van der Waals surface area (Å²) < 4.78 is 13.7. The second-order valence-corrected chi connectivity index (χ2v) is 8.89. The summed E-state index contributed by atoms with van der Waals surface area (Å²) >= 11 is 0. The molecule has 2 heterocycles. The number of anilines is 1. The minimum absolute atomic E-state index is 0.238. The lowest BCUT2D eigenvalue weighted by molar-refractivity contribution is 0.0992. The van der Waals surface area contributed by atoms with E-state index in [1.165, 1.54) is 0 Å². The van der Waals surface area contributed by atoms with Gasteiger partial charge < -0.3 is 14.5 Å². The maximum absolute atomic E-state index is 12.9. The molecule has 0 bridgehead atoms. The fourth-order valence-electron chi connectivity index (χ4n) is 3.93. The van der Waals surface area contributed by atoms with E-state index < -0.39 is 0 Å². The molecule has 6 nitrogen and oxygen atoms in total. The first kappa shape index (κ1) is 23.4. The fourth-order valence-corrected chi connectivity index (χ4v) is 3.93. The molecule has 1 amide bonds. The van der Waals surface area contributed by atoms with E-state index in [4.69, 9.17) is 9.15 Å². The first-order chi connectivity index (χ1) is 16.3. The molecule has 0 radical (unpaired) electrons. The third-order valence-electron chi connectivity index (χ3n) is 5.84. The number of carbonyl (C=O) groups excluding carboxylic acids is 1. The summed E-state index contributed by atoms with van der Waals surface area (Å²) in [5.41, 5.74) is 5.79. The number of ether oxygens (including phenoxy) is 1. The monoisotopic (exact) mass is 457 g/mol. The van der Waals surface area contributed by atoms with Crippen LogP contribution in [-0.4, -0.2) is 15.7 Å². The number of amides is 1. The second-order valence-electron chi connectivity index (χ2n) is 8.89. The van der Waals surface area contributed by atoms with Gasteiger partial charge >= 0.3 is 0 Å². The minimum Gasteiger partial charge on any atom is -0.485 e. The van der Waals surface area contributed by atoms with Crippen LogP contribution < -0.4 is 10.1 Å². The van der Waals surface area contributed by atoms with E-state index in [2.05, 4.69) is 48.5 Å². The van der Waals surface area contributed by atoms with E-state index in [9.17, 15) is 4.79 Å². The van der Waals surface area contributed by atoms with Crippen LogP contribution in [0.4, 0.5) is 5.69 Å². The van der Waals surface area contributed by atoms with Gasteiger partial charge in [-0.1, -0.05) is 56.3 Å². The summed E-state index contributed by atoms with van der Waals surface area (Å²) in [5, 5.41) is 7.56. The Kier molecular flexibility index (Phi) is 6.87. The van der Waals surface area contributed by atoms with E-state index in [1.807, 2.05) is 49.7 Å². The lowest BCUT2D eigenvalue weighted by Gasteiger charge is -2.14. The molecule has 4 aromatic rings. The Morgan fingerprint density at radius 2 is 1.82 bits per heavy atom. The van der Waals surface area contributed by atoms with Crippen LogP contribution in [0, 0.1) is 20.8 Å². The van der Waals surface area contributed by atoms with Crippen LogP contribution in [0.15, 0.2) is 65.1 Å². The van der Waals surface area contributed by atoms with Crippen LogP contribution in [0.1, 0.15) is 64.2 Å². The summed E-state index contributed by atoms with van der Waals surface area (Å²) in [6.07, 6.45) is 0. The molecule has 0 saturated heterocycles. The van der Waals surface area contributed by atoms with Crippen molar-refractivity contribution in [2.24, 2.45) is 0 Å². The minimum atomic E-state index is -0.310. The third kappa shape index (κ3) is 5.22. The number of hydrogen-bond donors (Lipinski definition) is 1. The van der Waals surface area contributed by atoms with Gasteiger partial charge in [-0.2, -0.15) is 5.10 Å². The van der Waals surface area contributed by atoms with Gasteiger partial charge in [-0.05, 0) is 61.6 Å². The van der Waals surface area contributed by atoms with Crippen molar-refractivity contribution >= 4 is 11.6 Å². The summed E-state index contributed by atoms with van der Waals surface area (Å²) in [7, 11) is 0. The molecular formula is C28H31N3O3. The third-order valence-corrected chi connectivity index (χ3v) is 5.84. The van der Waals surface area contributed by atoms with Gasteiger partial charge in [0.2, 0.25) is 0 Å². The van der Waals surface area contributed by atoms with E-state index in [0.717, 1.165) is 33.8 Å². The summed E-state index contributed by atoms with van der Waals surface area (Å²) in [6.45, 7) is 11.1. The molecule has 0 spiro atoms. The van der Waals surface area contributed by atoms with Gasteiger partial charge in [-0.15, -0.1) is 0 Å². The van der Waals surface area contributed by atoms with Gasteiger partial charge in [-0.25, -0.2) is 0 Å². The van der Waals surface area contributed by atoms with Gasteiger partial charge in [0.25, 0.3) is 5.91 Å². The predicted molar refractivity (Wildman–Crippen MR) is 134 cm³/mol. The molecule has 0 unspecified atom stereocenters. The van der Waals surface area contributed by atoms with Crippen molar-refractivity contribution in [1.82, 2.24) is 9.78 Å². The standard InChI is InChI=1S/C28H31N3O3/c1-18(2)24-13-11-19(3)15-26(24)33-17-23-12-14-25(34-23)28(32)29-27-20(4)30-31(21(27)5)16-22-9-7-6-8-10-22/h6-15,18H,16-17H2,1-5H3,(H,29,32). The van der Waals surface area contributed by atoms with Crippen molar-refractivity contribution in [3.05, 3.63) is 100 Å². The van der Waals surface area contributed by atoms with Crippen LogP contribution in [-0.2, 0) is 13.2 Å². The Balaban J connectivity index is 1.43. The Labute approximate surface area is 200 Å². The zero-order valence-corrected chi connectivity index (χ0v) is 20.4. The Bertz CT molecular complexity index is 1290. The van der Waals surface area contributed by atoms with Gasteiger partial charge in [0.1, 0.15) is 18.1 Å². The van der Waals surface area contributed by atoms with Crippen molar-refractivity contribution in [3.8, 4) is 5.75 Å². The largest absolute Gasteiger partial charge is 0.485 e. The van der Waals surface area contributed by atoms with Gasteiger partial charge in [0.15, 0.2) is 5.76 Å². The fraction of sp³-hybridized carbons (Fsp3) is 0.286. The van der Waals surface area contributed by atoms with Crippen LogP contribution in [0.5, 0.6) is 5.75 Å². The molecule has 6 heteroatoms. The Morgan fingerprint density at radius 3 is 2.56 bits per heavy atom. The molecule has 0 aliphatic heterocycles. The van der Waals surface area contributed by atoms with Crippen molar-refractivity contribution < 1.29 is 13.9 Å². The lowest BCUT2D eigenvalue weighted by Crippen LogP contribution is -2.12. The Morgan fingerprint density at radius 1 is 1.06 bits per heavy atom. The molecule has 4 rings (SSSR count). The van der Waals surface area contributed by atoms with Gasteiger partial charge in [0, 0.05) is 0 Å². The molecule has 2 aromatic carbocycles. The molecule has 176 valence electrons. The summed E-state index contributed by atoms with van der Waals surface area (Å²) in [6, 6.07) is 19.8. The first-order valence-corrected chi connectivity index (χ1v) is 11.5. The second kappa shape index (κ2) is 10.00. The van der Waals surface area contributed by atoms with Crippen molar-refractivity contribution in [3.63, 3.8) is 0 Å². The molecule has 2 aromatic heterocycles. The van der Waals surface area contributed by atoms with Crippen LogP contribution in [0.2, 0.25) is 0 Å². The average molecular weight is 458 g/mol. The van der Waals surface area contributed by atoms with Crippen LogP contribution in [0.25, 0.3) is 0 Å². The van der Waals surface area contributed by atoms with Gasteiger partial charge in [0.05, 0.1) is 23.6 Å². The molecule has 1 N–H and O–H groups in total. The maximum Gasteiger partial charge on any atom is 0.291 e. The predicted octanol–water partition coefficient (Wildman–Crippen LogP) is 6.40. The number of hydrogen-bond acceptors (Lipinski definition) is 4. The topological polar surface area (TPSA) is 69.3 Å². The lowest BCUT2D eigenvalue weighted by atomic mass is 10.0.